The molecule has 18 heavy (non-hydrogen) atoms. The minimum absolute atomic E-state index is 0.154. The Morgan fingerprint density at radius 2 is 2.06 bits per heavy atom. The average Bonchev–Trinajstić information content (AvgIpc) is 2.36. The lowest BCUT2D eigenvalue weighted by atomic mass is 10.0. The van der Waals surface area contributed by atoms with Crippen LogP contribution < -0.4 is 14.8 Å². The molecule has 1 aromatic rings. The van der Waals surface area contributed by atoms with Crippen molar-refractivity contribution in [2.45, 2.75) is 32.7 Å². The zero-order chi connectivity index (χ0) is 13.6. The highest BCUT2D eigenvalue weighted by atomic mass is 79.9. The van der Waals surface area contributed by atoms with Gasteiger partial charge >= 0.3 is 0 Å². The lowest BCUT2D eigenvalue weighted by molar-refractivity contribution is 0.267. The Labute approximate surface area is 118 Å². The predicted octanol–water partition coefficient (Wildman–Crippen LogP) is 3.61. The molecule has 0 unspecified atom stereocenters. The molecule has 0 saturated carbocycles. The Morgan fingerprint density at radius 3 is 2.67 bits per heavy atom. The van der Waals surface area contributed by atoms with Crippen LogP contribution in [-0.2, 0) is 0 Å². The summed E-state index contributed by atoms with van der Waals surface area (Å²) in [6.45, 7) is 7.97. The fourth-order valence-corrected chi connectivity index (χ4v) is 1.92. The van der Waals surface area contributed by atoms with Crippen molar-refractivity contribution < 1.29 is 9.47 Å². The first-order valence-electron chi connectivity index (χ1n) is 6.20. The van der Waals surface area contributed by atoms with Gasteiger partial charge in [-0.05, 0) is 48.3 Å². The third-order valence-electron chi connectivity index (χ3n) is 2.99. The summed E-state index contributed by atoms with van der Waals surface area (Å²) in [6, 6.07) is 5.76. The predicted molar refractivity (Wildman–Crippen MR) is 78.6 cm³/mol. The van der Waals surface area contributed by atoms with Crippen molar-refractivity contribution >= 4 is 15.9 Å². The number of ether oxygens (including phenoxy) is 2. The van der Waals surface area contributed by atoms with E-state index in [2.05, 4.69) is 42.0 Å². The summed E-state index contributed by atoms with van der Waals surface area (Å²) >= 11 is 3.47. The van der Waals surface area contributed by atoms with Gasteiger partial charge in [-0.2, -0.15) is 0 Å². The van der Waals surface area contributed by atoms with E-state index < -0.39 is 0 Å². The van der Waals surface area contributed by atoms with Gasteiger partial charge in [0.25, 0.3) is 0 Å². The van der Waals surface area contributed by atoms with Crippen LogP contribution in [0, 0.1) is 0 Å². The Bertz CT molecular complexity index is 380. The van der Waals surface area contributed by atoms with Crippen LogP contribution in [0.5, 0.6) is 11.5 Å². The maximum absolute atomic E-state index is 5.76. The van der Waals surface area contributed by atoms with Crippen LogP contribution in [0.3, 0.4) is 0 Å². The van der Waals surface area contributed by atoms with E-state index in [9.17, 15) is 0 Å². The Kier molecular flexibility index (Phi) is 5.96. The molecule has 1 aromatic carbocycles. The van der Waals surface area contributed by atoms with E-state index in [0.29, 0.717) is 6.61 Å². The first-order chi connectivity index (χ1) is 8.50. The smallest absolute Gasteiger partial charge is 0.175 e. The second kappa shape index (κ2) is 7.00. The summed E-state index contributed by atoms with van der Waals surface area (Å²) in [4.78, 5) is 0. The van der Waals surface area contributed by atoms with Crippen LogP contribution in [0.1, 0.15) is 27.2 Å². The normalized spacial score (nSPS) is 11.4. The quantitative estimate of drug-likeness (QED) is 0.780. The van der Waals surface area contributed by atoms with Crippen LogP contribution in [-0.4, -0.2) is 25.8 Å². The lowest BCUT2D eigenvalue weighted by Gasteiger charge is -2.24. The van der Waals surface area contributed by atoms with Crippen molar-refractivity contribution in [3.63, 3.8) is 0 Å². The van der Waals surface area contributed by atoms with E-state index in [-0.39, 0.29) is 5.54 Å². The van der Waals surface area contributed by atoms with E-state index in [1.165, 1.54) is 0 Å². The summed E-state index contributed by atoms with van der Waals surface area (Å²) in [5.74, 6) is 1.51. The summed E-state index contributed by atoms with van der Waals surface area (Å²) in [5.41, 5.74) is 0.154. The van der Waals surface area contributed by atoms with Gasteiger partial charge in [0.15, 0.2) is 11.5 Å². The first kappa shape index (κ1) is 15.3. The van der Waals surface area contributed by atoms with Crippen LogP contribution in [0.25, 0.3) is 0 Å². The highest BCUT2D eigenvalue weighted by Crippen LogP contribution is 2.34. The molecule has 0 aliphatic rings. The molecule has 0 fully saturated rings. The number of rotatable bonds is 7. The van der Waals surface area contributed by atoms with E-state index in [4.69, 9.17) is 9.47 Å². The molecule has 3 nitrogen and oxygen atoms in total. The molecule has 1 N–H and O–H groups in total. The fourth-order valence-electron chi connectivity index (χ4n) is 1.46. The van der Waals surface area contributed by atoms with Crippen molar-refractivity contribution in [1.82, 2.24) is 5.32 Å². The van der Waals surface area contributed by atoms with Crippen molar-refractivity contribution in [1.29, 1.82) is 0 Å². The van der Waals surface area contributed by atoms with Crippen LogP contribution >= 0.6 is 15.9 Å². The second-order valence-corrected chi connectivity index (χ2v) is 5.64. The molecule has 0 saturated heterocycles. The third kappa shape index (κ3) is 4.50. The molecule has 0 radical (unpaired) electrons. The average molecular weight is 316 g/mol. The highest BCUT2D eigenvalue weighted by molar-refractivity contribution is 9.10. The first-order valence-corrected chi connectivity index (χ1v) is 7.00. The third-order valence-corrected chi connectivity index (χ3v) is 3.61. The second-order valence-electron chi connectivity index (χ2n) is 4.78. The molecule has 4 heteroatoms. The molecule has 102 valence electrons. The largest absolute Gasteiger partial charge is 0.493 e. The molecule has 0 amide bonds. The van der Waals surface area contributed by atoms with Gasteiger partial charge in [-0.3, -0.25) is 0 Å². The Balaban J connectivity index is 2.49. The standard InChI is InChI=1S/C14H22BrNO2/c1-5-14(2,3)16-9-10-18-13-11(15)7-6-8-12(13)17-4/h6-8,16H,5,9-10H2,1-4H3. The van der Waals surface area contributed by atoms with Crippen molar-refractivity contribution in [3.8, 4) is 11.5 Å². The summed E-state index contributed by atoms with van der Waals surface area (Å²) in [7, 11) is 1.65. The van der Waals surface area contributed by atoms with Gasteiger partial charge in [-0.25, -0.2) is 0 Å². The maximum atomic E-state index is 5.76. The zero-order valence-electron chi connectivity index (χ0n) is 11.5. The van der Waals surface area contributed by atoms with Crippen molar-refractivity contribution in [2.24, 2.45) is 0 Å². The van der Waals surface area contributed by atoms with E-state index in [1.54, 1.807) is 7.11 Å². The van der Waals surface area contributed by atoms with Crippen LogP contribution in [0.15, 0.2) is 22.7 Å². The monoisotopic (exact) mass is 315 g/mol. The van der Waals surface area contributed by atoms with E-state index >= 15 is 0 Å². The maximum Gasteiger partial charge on any atom is 0.175 e. The highest BCUT2D eigenvalue weighted by Gasteiger charge is 2.13. The van der Waals surface area contributed by atoms with Gasteiger partial charge in [0.05, 0.1) is 11.6 Å². The molecule has 0 spiro atoms. The van der Waals surface area contributed by atoms with Gasteiger partial charge in [-0.1, -0.05) is 13.0 Å². The number of nitrogens with one attached hydrogen (secondary N) is 1. The van der Waals surface area contributed by atoms with E-state index in [1.807, 2.05) is 18.2 Å². The number of hydrogen-bond acceptors (Lipinski definition) is 3. The Hall–Kier alpha value is -0.740. The molecule has 1 rings (SSSR count). The minimum atomic E-state index is 0.154. The molecule has 0 atom stereocenters. The van der Waals surface area contributed by atoms with Gasteiger partial charge in [0.2, 0.25) is 0 Å². The van der Waals surface area contributed by atoms with Gasteiger partial charge in [0, 0.05) is 12.1 Å². The molecule has 0 bridgehead atoms. The number of para-hydroxylation sites is 1. The van der Waals surface area contributed by atoms with Gasteiger partial charge in [0.1, 0.15) is 6.61 Å². The van der Waals surface area contributed by atoms with Gasteiger partial charge < -0.3 is 14.8 Å². The minimum Gasteiger partial charge on any atom is -0.493 e. The summed E-state index contributed by atoms with van der Waals surface area (Å²) in [5, 5.41) is 3.45. The molecular weight excluding hydrogens is 294 g/mol. The van der Waals surface area contributed by atoms with Crippen molar-refractivity contribution in [3.05, 3.63) is 22.7 Å². The zero-order valence-corrected chi connectivity index (χ0v) is 13.1. The molecule has 0 heterocycles. The number of benzene rings is 1. The number of halogens is 1. The topological polar surface area (TPSA) is 30.5 Å². The lowest BCUT2D eigenvalue weighted by Crippen LogP contribution is -2.40. The number of methoxy groups -OCH3 is 1. The molecular formula is C14H22BrNO2. The fraction of sp³-hybridized carbons (Fsp3) is 0.571. The number of hydrogen-bond donors (Lipinski definition) is 1. The van der Waals surface area contributed by atoms with Crippen molar-refractivity contribution in [2.75, 3.05) is 20.3 Å². The van der Waals surface area contributed by atoms with Crippen LogP contribution in [0.2, 0.25) is 0 Å². The summed E-state index contributed by atoms with van der Waals surface area (Å²) in [6.07, 6.45) is 1.09. The molecule has 0 aromatic heterocycles. The summed E-state index contributed by atoms with van der Waals surface area (Å²) < 4.78 is 11.9. The van der Waals surface area contributed by atoms with Gasteiger partial charge in [-0.15, -0.1) is 0 Å². The SMILES string of the molecule is CCC(C)(C)NCCOc1c(Br)cccc1OC. The van der Waals surface area contributed by atoms with E-state index in [0.717, 1.165) is 28.9 Å². The molecule has 0 aliphatic carbocycles. The van der Waals surface area contributed by atoms with Crippen LogP contribution in [0.4, 0.5) is 0 Å². The Morgan fingerprint density at radius 1 is 1.33 bits per heavy atom. The molecule has 0 aliphatic heterocycles.